The number of hydrogen-bond acceptors (Lipinski definition) is 5. The van der Waals surface area contributed by atoms with Gasteiger partial charge >= 0.3 is 5.69 Å². The number of ether oxygens (including phenoxy) is 2. The van der Waals surface area contributed by atoms with Crippen LogP contribution in [-0.4, -0.2) is 46.9 Å². The number of benzene rings is 3. The molecule has 0 saturated heterocycles. The van der Waals surface area contributed by atoms with Gasteiger partial charge in [-0.3, -0.25) is 9.13 Å². The van der Waals surface area contributed by atoms with Gasteiger partial charge < -0.3 is 23.0 Å². The van der Waals surface area contributed by atoms with Crippen molar-refractivity contribution in [3.05, 3.63) is 113 Å². The van der Waals surface area contributed by atoms with Gasteiger partial charge in [-0.15, -0.1) is 0 Å². The largest absolute Gasteiger partial charge is 0.497 e. The summed E-state index contributed by atoms with van der Waals surface area (Å²) in [4.78, 5) is 14.9. The van der Waals surface area contributed by atoms with Crippen molar-refractivity contribution in [2.24, 2.45) is 7.05 Å². The summed E-state index contributed by atoms with van der Waals surface area (Å²) in [5.41, 5.74) is 4.86. The summed E-state index contributed by atoms with van der Waals surface area (Å²) < 4.78 is 25.5. The monoisotopic (exact) mass is 713 g/mol. The molecule has 0 N–H and O–H groups in total. The van der Waals surface area contributed by atoms with Gasteiger partial charge in [0, 0.05) is 58.4 Å². The molecule has 3 aromatic heterocycles. The summed E-state index contributed by atoms with van der Waals surface area (Å²) in [6.07, 6.45) is 10.5. The van der Waals surface area contributed by atoms with E-state index in [1.165, 1.54) is 0 Å². The molecule has 52 heavy (non-hydrogen) atoms. The third kappa shape index (κ3) is 5.98. The van der Waals surface area contributed by atoms with Crippen LogP contribution in [0.15, 0.2) is 96.1 Å². The lowest BCUT2D eigenvalue weighted by molar-refractivity contribution is 0.199. The number of fused-ring (bicyclic) bond motifs is 2. The third-order valence-corrected chi connectivity index (χ3v) is 15.6. The van der Waals surface area contributed by atoms with Crippen LogP contribution in [-0.2, 0) is 18.0 Å². The van der Waals surface area contributed by atoms with Crippen LogP contribution in [0.4, 0.5) is 0 Å². The van der Waals surface area contributed by atoms with E-state index in [9.17, 15) is 10.1 Å². The molecule has 1 aliphatic rings. The summed E-state index contributed by atoms with van der Waals surface area (Å²) in [6.45, 7) is 11.6. The van der Waals surface area contributed by atoms with Crippen LogP contribution in [0.25, 0.3) is 38.8 Å². The molecule has 10 heteroatoms. The Morgan fingerprint density at radius 1 is 0.904 bits per heavy atom. The van der Waals surface area contributed by atoms with E-state index >= 15 is 0 Å². The predicted molar refractivity (Wildman–Crippen MR) is 210 cm³/mol. The van der Waals surface area contributed by atoms with E-state index < -0.39 is 8.32 Å². The number of hydrogen-bond donors (Lipinski definition) is 0. The van der Waals surface area contributed by atoms with Crippen LogP contribution in [0.2, 0.25) is 18.1 Å². The van der Waals surface area contributed by atoms with Crippen LogP contribution < -0.4 is 15.2 Å². The summed E-state index contributed by atoms with van der Waals surface area (Å²) >= 11 is 0. The average molecular weight is 714 g/mol. The molecular formula is C42H47N5O4Si. The maximum absolute atomic E-state index is 14.9. The predicted octanol–water partition coefficient (Wildman–Crippen LogP) is 8.97. The second-order valence-electron chi connectivity index (χ2n) is 15.2. The van der Waals surface area contributed by atoms with Crippen molar-refractivity contribution in [1.29, 1.82) is 5.26 Å². The van der Waals surface area contributed by atoms with Gasteiger partial charge in [-0.1, -0.05) is 69.3 Å². The first-order chi connectivity index (χ1) is 24.9. The number of nitrogens with zero attached hydrogens (tertiary/aromatic N) is 5. The van der Waals surface area contributed by atoms with E-state index in [4.69, 9.17) is 13.9 Å². The van der Waals surface area contributed by atoms with E-state index in [0.29, 0.717) is 17.2 Å². The lowest BCUT2D eigenvalue weighted by Crippen LogP contribution is -2.44. The van der Waals surface area contributed by atoms with Crippen molar-refractivity contribution < 1.29 is 13.9 Å². The zero-order chi connectivity index (χ0) is 36.9. The van der Waals surface area contributed by atoms with Gasteiger partial charge in [0.15, 0.2) is 8.32 Å². The molecule has 6 aromatic rings. The number of imidazole rings is 1. The lowest BCUT2D eigenvalue weighted by Gasteiger charge is -2.39. The molecule has 0 aliphatic heterocycles. The van der Waals surface area contributed by atoms with Crippen LogP contribution >= 0.6 is 0 Å². The molecule has 0 unspecified atom stereocenters. The zero-order valence-electron chi connectivity index (χ0n) is 31.3. The molecule has 268 valence electrons. The van der Waals surface area contributed by atoms with Crippen molar-refractivity contribution >= 4 is 30.1 Å². The molecule has 2 atom stereocenters. The van der Waals surface area contributed by atoms with Crippen LogP contribution in [0, 0.1) is 11.3 Å². The molecule has 0 spiro atoms. The second kappa shape index (κ2) is 13.4. The Labute approximate surface area is 306 Å². The molecule has 0 fully saturated rings. The number of aromatic nitrogens is 4. The Kier molecular flexibility index (Phi) is 9.05. The van der Waals surface area contributed by atoms with Crippen molar-refractivity contribution in [2.45, 2.75) is 70.4 Å². The molecule has 9 nitrogen and oxygen atoms in total. The number of para-hydroxylation sites is 2. The van der Waals surface area contributed by atoms with E-state index in [-0.39, 0.29) is 35.1 Å². The molecule has 3 heterocycles. The van der Waals surface area contributed by atoms with Crippen molar-refractivity contribution in [1.82, 2.24) is 18.3 Å². The Bertz CT molecular complexity index is 2430. The van der Waals surface area contributed by atoms with E-state index in [1.54, 1.807) is 29.4 Å². The van der Waals surface area contributed by atoms with Gasteiger partial charge in [0.05, 0.1) is 44.3 Å². The normalized spacial score (nSPS) is 16.4. The minimum atomic E-state index is -1.93. The van der Waals surface area contributed by atoms with Gasteiger partial charge in [-0.2, -0.15) is 5.26 Å². The van der Waals surface area contributed by atoms with Crippen molar-refractivity contribution in [3.8, 4) is 34.5 Å². The van der Waals surface area contributed by atoms with E-state index in [2.05, 4.69) is 75.0 Å². The summed E-state index contributed by atoms with van der Waals surface area (Å²) in [5.74, 6) is 1.22. The highest BCUT2D eigenvalue weighted by Gasteiger charge is 2.39. The fourth-order valence-electron chi connectivity index (χ4n) is 7.26. The maximum Gasteiger partial charge on any atom is 0.334 e. The average Bonchev–Trinajstić information content (AvgIpc) is 3.76. The van der Waals surface area contributed by atoms with Crippen molar-refractivity contribution in [3.63, 3.8) is 0 Å². The number of aryl methyl sites for hydroxylation is 1. The summed E-state index contributed by atoms with van der Waals surface area (Å²) in [6, 6.07) is 24.3. The fraction of sp³-hybridized carbons (Fsp3) is 0.333. The minimum absolute atomic E-state index is 0.0872. The summed E-state index contributed by atoms with van der Waals surface area (Å²) in [5, 5.41) is 13.0. The fourth-order valence-corrected chi connectivity index (χ4v) is 8.57. The SMILES string of the molecule is COc1ccc(Cn2c(C#N)c(-c3cn([C@@H]4C=C[C@H](O[Si](C)(C)C(C)(C)C)CC4)c4ccccc34)n(-c3cn(C)c4ccccc34)c2=O)c(OC)c1. The molecule has 0 bridgehead atoms. The first-order valence-electron chi connectivity index (χ1n) is 17.8. The van der Waals surface area contributed by atoms with Gasteiger partial charge in [0.2, 0.25) is 0 Å². The Morgan fingerprint density at radius 3 is 2.27 bits per heavy atom. The maximum atomic E-state index is 14.9. The minimum Gasteiger partial charge on any atom is -0.497 e. The standard InChI is InChI=1S/C42H47N5O4Si/c1-42(2,3)52(7,8)51-30-21-18-29(19-22-30)45-26-34(32-13-9-12-16-36(32)45)40-37(24-43)46(25-28-17-20-31(49-5)23-39(28)50-6)41(48)47(40)38-27-44(4)35-15-11-10-14-33(35)38/h9-18,20-21,23,26-27,29-30H,19,22,25H2,1-8H3/t29-,30+/m1/s1. The number of nitriles is 1. The Balaban J connectivity index is 1.42. The zero-order valence-corrected chi connectivity index (χ0v) is 32.3. The molecule has 0 radical (unpaired) electrons. The first-order valence-corrected chi connectivity index (χ1v) is 20.7. The van der Waals surface area contributed by atoms with E-state index in [0.717, 1.165) is 51.5 Å². The third-order valence-electron chi connectivity index (χ3n) is 11.1. The number of rotatable bonds is 9. The molecule has 3 aromatic carbocycles. The highest BCUT2D eigenvalue weighted by atomic mass is 28.4. The van der Waals surface area contributed by atoms with Crippen molar-refractivity contribution in [2.75, 3.05) is 14.2 Å². The van der Waals surface area contributed by atoms with Crippen LogP contribution in [0.5, 0.6) is 11.5 Å². The quantitative estimate of drug-likeness (QED) is 0.110. The number of allylic oxidation sites excluding steroid dienone is 1. The topological polar surface area (TPSA) is 88.3 Å². The van der Waals surface area contributed by atoms with Crippen LogP contribution in [0.1, 0.15) is 50.9 Å². The van der Waals surface area contributed by atoms with Gasteiger partial charge in [-0.05, 0) is 55.2 Å². The highest BCUT2D eigenvalue weighted by Crippen LogP contribution is 2.41. The van der Waals surface area contributed by atoms with Gasteiger partial charge in [0.25, 0.3) is 0 Å². The Morgan fingerprint density at radius 2 is 1.62 bits per heavy atom. The molecule has 0 amide bonds. The molecule has 7 rings (SSSR count). The van der Waals surface area contributed by atoms with Crippen LogP contribution in [0.3, 0.4) is 0 Å². The first kappa shape index (κ1) is 35.2. The lowest BCUT2D eigenvalue weighted by atomic mass is 10.0. The summed E-state index contributed by atoms with van der Waals surface area (Å²) in [7, 11) is 3.24. The molecule has 0 saturated carbocycles. The van der Waals surface area contributed by atoms with E-state index in [1.807, 2.05) is 66.3 Å². The van der Waals surface area contributed by atoms with Gasteiger partial charge in [-0.25, -0.2) is 4.79 Å². The highest BCUT2D eigenvalue weighted by molar-refractivity contribution is 6.74. The Hall–Kier alpha value is -5.24. The molecular weight excluding hydrogens is 667 g/mol. The second-order valence-corrected chi connectivity index (χ2v) is 20.0. The van der Waals surface area contributed by atoms with Gasteiger partial charge in [0.1, 0.15) is 23.3 Å². The number of methoxy groups -OCH3 is 2. The smallest absolute Gasteiger partial charge is 0.334 e. The molecule has 1 aliphatic carbocycles.